The SMILES string of the molecule is CCCn1c(SCC(=O)Nc2ccc(C)cc2C)nc2c(oc3ccccc32)c1=O. The highest BCUT2D eigenvalue weighted by molar-refractivity contribution is 7.99. The molecule has 1 N–H and O–H groups in total. The zero-order chi connectivity index (χ0) is 21.3. The van der Waals surface area contributed by atoms with Gasteiger partial charge >= 0.3 is 0 Å². The third-order valence-electron chi connectivity index (χ3n) is 4.88. The Morgan fingerprint density at radius 3 is 2.77 bits per heavy atom. The number of aromatic nitrogens is 2. The van der Waals surface area contributed by atoms with E-state index in [-0.39, 0.29) is 22.8 Å². The number of aryl methyl sites for hydroxylation is 2. The van der Waals surface area contributed by atoms with Crippen LogP contribution in [0.25, 0.3) is 22.1 Å². The summed E-state index contributed by atoms with van der Waals surface area (Å²) in [7, 11) is 0. The van der Waals surface area contributed by atoms with Gasteiger partial charge in [0, 0.05) is 17.6 Å². The summed E-state index contributed by atoms with van der Waals surface area (Å²) >= 11 is 1.26. The number of benzene rings is 2. The van der Waals surface area contributed by atoms with E-state index in [9.17, 15) is 9.59 Å². The van der Waals surface area contributed by atoms with Crippen LogP contribution in [-0.2, 0) is 11.3 Å². The molecule has 0 aliphatic rings. The van der Waals surface area contributed by atoms with Crippen molar-refractivity contribution in [2.45, 2.75) is 38.9 Å². The van der Waals surface area contributed by atoms with E-state index in [1.807, 2.05) is 63.2 Å². The van der Waals surface area contributed by atoms with Gasteiger partial charge in [-0.25, -0.2) is 4.98 Å². The predicted octanol–water partition coefficient (Wildman–Crippen LogP) is 4.90. The number of para-hydroxylation sites is 1. The molecule has 6 nitrogen and oxygen atoms in total. The Morgan fingerprint density at radius 2 is 2.00 bits per heavy atom. The Hall–Kier alpha value is -3.06. The number of nitrogens with zero attached hydrogens (tertiary/aromatic N) is 2. The Bertz CT molecular complexity index is 1310. The highest BCUT2D eigenvalue weighted by atomic mass is 32.2. The molecule has 0 atom stereocenters. The summed E-state index contributed by atoms with van der Waals surface area (Å²) < 4.78 is 7.37. The number of furan rings is 1. The molecule has 154 valence electrons. The van der Waals surface area contributed by atoms with Gasteiger partial charge in [-0.2, -0.15) is 0 Å². The quantitative estimate of drug-likeness (QED) is 0.354. The lowest BCUT2D eigenvalue weighted by atomic mass is 10.1. The number of amides is 1. The standard InChI is InChI=1S/C23H23N3O3S/c1-4-11-26-22(28)21-20(16-7-5-6-8-18(16)29-21)25-23(26)30-13-19(27)24-17-10-9-14(2)12-15(17)3/h5-10,12H,4,11,13H2,1-3H3,(H,24,27). The third-order valence-corrected chi connectivity index (χ3v) is 5.86. The van der Waals surface area contributed by atoms with Crippen LogP contribution in [0.5, 0.6) is 0 Å². The van der Waals surface area contributed by atoms with E-state index < -0.39 is 0 Å². The van der Waals surface area contributed by atoms with Crippen LogP contribution >= 0.6 is 11.8 Å². The highest BCUT2D eigenvalue weighted by Crippen LogP contribution is 2.27. The number of fused-ring (bicyclic) bond motifs is 3. The zero-order valence-corrected chi connectivity index (χ0v) is 18.0. The summed E-state index contributed by atoms with van der Waals surface area (Å²) in [6.45, 7) is 6.49. The molecule has 1 amide bonds. The monoisotopic (exact) mass is 421 g/mol. The van der Waals surface area contributed by atoms with Gasteiger partial charge in [0.2, 0.25) is 11.5 Å². The van der Waals surface area contributed by atoms with Crippen LogP contribution in [0, 0.1) is 13.8 Å². The van der Waals surface area contributed by atoms with Crippen molar-refractivity contribution in [2.75, 3.05) is 11.1 Å². The summed E-state index contributed by atoms with van der Waals surface area (Å²) in [6.07, 6.45) is 0.773. The number of rotatable bonds is 6. The first-order chi connectivity index (χ1) is 14.5. The van der Waals surface area contributed by atoms with Crippen molar-refractivity contribution >= 4 is 45.4 Å². The molecule has 0 fully saturated rings. The maximum atomic E-state index is 13.0. The molecule has 0 bridgehead atoms. The highest BCUT2D eigenvalue weighted by Gasteiger charge is 2.18. The van der Waals surface area contributed by atoms with Crippen molar-refractivity contribution < 1.29 is 9.21 Å². The lowest BCUT2D eigenvalue weighted by molar-refractivity contribution is -0.113. The Morgan fingerprint density at radius 1 is 1.20 bits per heavy atom. The molecule has 30 heavy (non-hydrogen) atoms. The predicted molar refractivity (Wildman–Crippen MR) is 121 cm³/mol. The van der Waals surface area contributed by atoms with Crippen LogP contribution in [-0.4, -0.2) is 21.2 Å². The van der Waals surface area contributed by atoms with Crippen LogP contribution in [0.2, 0.25) is 0 Å². The van der Waals surface area contributed by atoms with E-state index in [0.717, 1.165) is 28.6 Å². The van der Waals surface area contributed by atoms with Crippen LogP contribution in [0.3, 0.4) is 0 Å². The summed E-state index contributed by atoms with van der Waals surface area (Å²) in [5.41, 5.74) is 4.18. The number of thioether (sulfide) groups is 1. The molecule has 0 spiro atoms. The van der Waals surface area contributed by atoms with E-state index in [0.29, 0.717) is 22.8 Å². The van der Waals surface area contributed by atoms with Crippen molar-refractivity contribution in [2.24, 2.45) is 0 Å². The summed E-state index contributed by atoms with van der Waals surface area (Å²) in [4.78, 5) is 30.3. The number of anilines is 1. The fourth-order valence-electron chi connectivity index (χ4n) is 3.45. The first-order valence-corrected chi connectivity index (χ1v) is 10.9. The van der Waals surface area contributed by atoms with E-state index in [2.05, 4.69) is 5.32 Å². The molecule has 0 aliphatic carbocycles. The number of nitrogens with one attached hydrogen (secondary N) is 1. The van der Waals surface area contributed by atoms with E-state index in [1.165, 1.54) is 11.8 Å². The molecule has 7 heteroatoms. The molecule has 0 unspecified atom stereocenters. The molecule has 0 aliphatic heterocycles. The number of hydrogen-bond donors (Lipinski definition) is 1. The van der Waals surface area contributed by atoms with Gasteiger partial charge < -0.3 is 9.73 Å². The molecule has 0 radical (unpaired) electrons. The van der Waals surface area contributed by atoms with Crippen LogP contribution in [0.15, 0.2) is 56.8 Å². The number of hydrogen-bond acceptors (Lipinski definition) is 5. The van der Waals surface area contributed by atoms with Gasteiger partial charge in [-0.1, -0.05) is 48.5 Å². The molecule has 4 aromatic rings. The van der Waals surface area contributed by atoms with Crippen molar-refractivity contribution in [3.05, 3.63) is 63.9 Å². The second-order valence-corrected chi connectivity index (χ2v) is 8.22. The van der Waals surface area contributed by atoms with Crippen molar-refractivity contribution in [1.82, 2.24) is 9.55 Å². The third kappa shape index (κ3) is 3.85. The molecule has 2 aromatic heterocycles. The second-order valence-electron chi connectivity index (χ2n) is 7.28. The lowest BCUT2D eigenvalue weighted by Gasteiger charge is -2.11. The normalized spacial score (nSPS) is 11.3. The molecule has 2 heterocycles. The van der Waals surface area contributed by atoms with Gasteiger partial charge in [0.05, 0.1) is 5.75 Å². The minimum absolute atomic E-state index is 0.138. The lowest BCUT2D eigenvalue weighted by Crippen LogP contribution is -2.23. The summed E-state index contributed by atoms with van der Waals surface area (Å²) in [5.74, 6) is 0.0199. The minimum atomic E-state index is -0.213. The largest absolute Gasteiger partial charge is 0.448 e. The summed E-state index contributed by atoms with van der Waals surface area (Å²) in [6, 6.07) is 13.4. The van der Waals surface area contributed by atoms with Crippen LogP contribution < -0.4 is 10.9 Å². The topological polar surface area (TPSA) is 77.1 Å². The molecule has 4 rings (SSSR count). The van der Waals surface area contributed by atoms with Crippen LogP contribution in [0.4, 0.5) is 5.69 Å². The van der Waals surface area contributed by atoms with E-state index in [1.54, 1.807) is 4.57 Å². The first-order valence-electron chi connectivity index (χ1n) is 9.90. The van der Waals surface area contributed by atoms with Gasteiger partial charge in [0.1, 0.15) is 11.1 Å². The maximum absolute atomic E-state index is 13.0. The molecule has 0 saturated heterocycles. The Kier molecular flexibility index (Phi) is 5.63. The smallest absolute Gasteiger partial charge is 0.297 e. The average molecular weight is 422 g/mol. The maximum Gasteiger partial charge on any atom is 0.297 e. The van der Waals surface area contributed by atoms with Gasteiger partial charge in [0.25, 0.3) is 5.56 Å². The molecular formula is C23H23N3O3S. The fraction of sp³-hybridized carbons (Fsp3) is 0.261. The van der Waals surface area contributed by atoms with Gasteiger partial charge in [-0.3, -0.25) is 14.2 Å². The van der Waals surface area contributed by atoms with E-state index in [4.69, 9.17) is 9.40 Å². The van der Waals surface area contributed by atoms with Crippen molar-refractivity contribution in [3.63, 3.8) is 0 Å². The van der Waals surface area contributed by atoms with Gasteiger partial charge in [-0.15, -0.1) is 0 Å². The number of carbonyl (C=O) groups excluding carboxylic acids is 1. The van der Waals surface area contributed by atoms with Crippen molar-refractivity contribution in [1.29, 1.82) is 0 Å². The molecule has 2 aromatic carbocycles. The Balaban J connectivity index is 1.64. The van der Waals surface area contributed by atoms with Gasteiger partial charge in [-0.05, 0) is 44.0 Å². The second kappa shape index (κ2) is 8.36. The van der Waals surface area contributed by atoms with Gasteiger partial charge in [0.15, 0.2) is 5.16 Å². The minimum Gasteiger partial charge on any atom is -0.448 e. The zero-order valence-electron chi connectivity index (χ0n) is 17.2. The summed E-state index contributed by atoms with van der Waals surface area (Å²) in [5, 5.41) is 4.27. The fourth-order valence-corrected chi connectivity index (χ4v) is 4.27. The number of carbonyl (C=O) groups is 1. The first kappa shape index (κ1) is 20.2. The van der Waals surface area contributed by atoms with Crippen molar-refractivity contribution in [3.8, 4) is 0 Å². The molecular weight excluding hydrogens is 398 g/mol. The average Bonchev–Trinajstić information content (AvgIpc) is 3.10. The van der Waals surface area contributed by atoms with E-state index >= 15 is 0 Å². The van der Waals surface area contributed by atoms with Crippen LogP contribution in [0.1, 0.15) is 24.5 Å². The molecule has 0 saturated carbocycles. The Labute approximate surface area is 178 Å².